The predicted octanol–water partition coefficient (Wildman–Crippen LogP) is 13.8. The van der Waals surface area contributed by atoms with E-state index in [1.165, 1.54) is 35.5 Å². The number of benzene rings is 6. The molecule has 12 rings (SSSR count). The van der Waals surface area contributed by atoms with Crippen molar-refractivity contribution in [3.8, 4) is 0 Å². The number of likely N-dealkylation sites (tertiary alicyclic amines) is 3. The van der Waals surface area contributed by atoms with Crippen LogP contribution in [0.25, 0.3) is 0 Å². The number of piperazine rings is 1. The third-order valence-electron chi connectivity index (χ3n) is 18.5. The van der Waals surface area contributed by atoms with Crippen LogP contribution in [0.3, 0.4) is 0 Å². The van der Waals surface area contributed by atoms with Crippen LogP contribution in [0, 0.1) is 41.5 Å². The predicted molar refractivity (Wildman–Crippen MR) is 450 cm³/mol. The number of aryl methyl sites for hydroxylation is 3. The second-order valence-electron chi connectivity index (χ2n) is 27.2. The van der Waals surface area contributed by atoms with Crippen LogP contribution in [0.4, 0.5) is 34.1 Å². The number of carbonyl (C=O) groups is 10. The number of halogens is 9. The molecule has 6 aliphatic rings. The summed E-state index contributed by atoms with van der Waals surface area (Å²) in [4.78, 5) is 129. The monoisotopic (exact) mass is 1730 g/mol. The van der Waals surface area contributed by atoms with Crippen LogP contribution in [0.2, 0.25) is 45.2 Å². The Kier molecular flexibility index (Phi) is 38.4. The lowest BCUT2D eigenvalue weighted by atomic mass is 10.1. The fourth-order valence-electron chi connectivity index (χ4n) is 11.7. The van der Waals surface area contributed by atoms with Crippen molar-refractivity contribution >= 4 is 198 Å². The lowest BCUT2D eigenvalue weighted by molar-refractivity contribution is -0.145. The van der Waals surface area contributed by atoms with Crippen LogP contribution < -0.4 is 37.2 Å². The largest absolute Gasteiger partial charge is 0.378 e. The van der Waals surface area contributed by atoms with Crippen LogP contribution in [-0.4, -0.2) is 220 Å². The van der Waals surface area contributed by atoms with Gasteiger partial charge in [0.25, 0.3) is 0 Å². The summed E-state index contributed by atoms with van der Waals surface area (Å²) in [5.74, 6) is -4.74. The van der Waals surface area contributed by atoms with Crippen LogP contribution in [0.1, 0.15) is 78.3 Å². The highest BCUT2D eigenvalue weighted by atomic mass is 35.5. The second kappa shape index (κ2) is 46.8. The van der Waals surface area contributed by atoms with Crippen LogP contribution in [-0.2, 0) is 57.4 Å². The number of anilines is 6. The summed E-state index contributed by atoms with van der Waals surface area (Å²) in [6.07, 6.45) is 7.75. The number of nitrogens with zero attached hydrogens (tertiary/aromatic N) is 6. The fraction of sp³-hybridized carbons (Fsp3) is 0.418. The van der Waals surface area contributed by atoms with E-state index >= 15 is 0 Å². The summed E-state index contributed by atoms with van der Waals surface area (Å²) < 4.78 is 10.3. The molecule has 6 heterocycles. The maximum Gasteiger partial charge on any atom is 0.313 e. The van der Waals surface area contributed by atoms with E-state index in [1.54, 1.807) is 103 Å². The van der Waals surface area contributed by atoms with E-state index in [4.69, 9.17) is 114 Å². The normalized spacial score (nSPS) is 15.4. The first kappa shape index (κ1) is 92.6. The Morgan fingerprint density at radius 1 is 0.301 bits per heavy atom. The smallest absolute Gasteiger partial charge is 0.313 e. The van der Waals surface area contributed by atoms with Crippen molar-refractivity contribution < 1.29 is 57.4 Å². The first-order valence-corrected chi connectivity index (χ1v) is 40.2. The molecule has 0 unspecified atom stereocenters. The maximum atomic E-state index is 12.0. The number of amides is 10. The van der Waals surface area contributed by atoms with Crippen molar-refractivity contribution in [3.05, 3.63) is 170 Å². The molecular formula is C79H94Cl9N13O12. The molecule has 0 spiro atoms. The standard InChI is InChI=1S/C14H16Cl2N2O2.C13H14Cl2N2O3.C13H16Cl2N2O.C13H16ClN3O2.C13H15ClN2O3.C13H17ClN2O/c1-9-11(15)7-10(8-12(9)16)17-13(19)14(20)18-5-3-2-4-6-18;1-8-10(14)6-9(7-11(8)15)16-12(18)13(19)17-2-4-20-5-3-17;1-9-11(14)6-10(7-12(9)15)16-13(18)8-17-4-2-3-5-17;1-9-2-3-10(8-11(9)14)16-12(18)13(19)17-6-4-15-5-7-17;1-9-2-3-10(8-11(9)14)15-12(17)13(18)16-4-6-19-7-5-16;1-10-4-5-11(8-12(10)14)15-13(17)9-16-6-2-3-7-16/h7-8H,2-6H2,1H3,(H,17,19);6-7H,2-5H2,1H3,(H,16,18);6-7H,2-5,8H2,1H3,(H,16,18);2-3,8,15H,4-7H2,1H3,(H,16,18);2-3,8H,4-7H2,1H3,(H,15,17);4-5,8H,2-3,6-7,9H2,1H3,(H,15,17). The van der Waals surface area contributed by atoms with Crippen molar-refractivity contribution in [2.45, 2.75) is 86.5 Å². The number of piperidine rings is 1. The molecule has 0 aromatic heterocycles. The van der Waals surface area contributed by atoms with Gasteiger partial charge < -0.3 is 66.3 Å². The zero-order valence-electron chi connectivity index (χ0n) is 63.7. The maximum absolute atomic E-state index is 12.0. The third-order valence-corrected chi connectivity index (χ3v) is 22.1. The molecule has 34 heteroatoms. The SMILES string of the molecule is Cc1c(Cl)cc(NC(=O)C(=O)N2CCCCC2)cc1Cl.Cc1c(Cl)cc(NC(=O)C(=O)N2CCOCC2)cc1Cl.Cc1c(Cl)cc(NC(=O)CN2CCCC2)cc1Cl.Cc1ccc(NC(=O)C(=O)N2CCNCC2)cc1Cl.Cc1ccc(NC(=O)C(=O)N2CCOCC2)cc1Cl.Cc1ccc(NC(=O)CN2CCCC2)cc1Cl. The lowest BCUT2D eigenvalue weighted by Gasteiger charge is -2.26. The van der Waals surface area contributed by atoms with Gasteiger partial charge in [-0.15, -0.1) is 0 Å². The van der Waals surface area contributed by atoms with Gasteiger partial charge >= 0.3 is 47.3 Å². The zero-order valence-corrected chi connectivity index (χ0v) is 70.5. The fourth-order valence-corrected chi connectivity index (χ4v) is 13.7. The topological polar surface area (TPSA) is 293 Å². The van der Waals surface area contributed by atoms with Gasteiger partial charge in [-0.05, 0) is 219 Å². The second-order valence-corrected chi connectivity index (χ2v) is 30.8. The third kappa shape index (κ3) is 30.5. The van der Waals surface area contributed by atoms with Gasteiger partial charge in [0, 0.05) is 145 Å². The summed E-state index contributed by atoms with van der Waals surface area (Å²) in [6, 6.07) is 25.6. The van der Waals surface area contributed by atoms with E-state index < -0.39 is 47.3 Å². The molecule has 6 saturated heterocycles. The number of hydrogen-bond donors (Lipinski definition) is 7. The van der Waals surface area contributed by atoms with Gasteiger partial charge in [-0.2, -0.15) is 0 Å². The quantitative estimate of drug-likeness (QED) is 0.0628. The minimum atomic E-state index is -0.706. The molecule has 6 aromatic carbocycles. The highest BCUT2D eigenvalue weighted by Gasteiger charge is 2.29. The van der Waals surface area contributed by atoms with E-state index in [-0.39, 0.29) is 11.8 Å². The Bertz CT molecular complexity index is 4100. The molecule has 6 aromatic rings. The summed E-state index contributed by atoms with van der Waals surface area (Å²) in [5.41, 5.74) is 8.46. The molecule has 113 heavy (non-hydrogen) atoms. The van der Waals surface area contributed by atoms with Crippen molar-refractivity contribution in [2.75, 3.05) is 163 Å². The summed E-state index contributed by atoms with van der Waals surface area (Å²) in [7, 11) is 0. The Balaban J connectivity index is 0.000000188. The molecule has 0 saturated carbocycles. The highest BCUT2D eigenvalue weighted by Crippen LogP contribution is 2.32. The van der Waals surface area contributed by atoms with Gasteiger partial charge in [0.05, 0.1) is 39.5 Å². The minimum Gasteiger partial charge on any atom is -0.378 e. The first-order chi connectivity index (χ1) is 53.8. The number of morpholine rings is 2. The number of ether oxygens (including phenoxy) is 2. The minimum absolute atomic E-state index is 0.0205. The van der Waals surface area contributed by atoms with E-state index in [0.717, 1.165) is 97.6 Å². The van der Waals surface area contributed by atoms with Crippen molar-refractivity contribution in [1.82, 2.24) is 34.7 Å². The van der Waals surface area contributed by atoms with E-state index in [9.17, 15) is 47.9 Å². The number of nitrogens with one attached hydrogen (secondary N) is 7. The average molecular weight is 1740 g/mol. The first-order valence-electron chi connectivity index (χ1n) is 36.8. The van der Waals surface area contributed by atoms with Gasteiger partial charge in [0.15, 0.2) is 0 Å². The van der Waals surface area contributed by atoms with E-state index in [0.29, 0.717) is 166 Å². The average Bonchev–Trinajstić information content (AvgIpc) is 1.05. The van der Waals surface area contributed by atoms with Crippen LogP contribution >= 0.6 is 104 Å². The van der Waals surface area contributed by atoms with E-state index in [2.05, 4.69) is 47.0 Å². The Hall–Kier alpha value is -7.57. The molecule has 7 N–H and O–H groups in total. The molecule has 0 atom stereocenters. The molecule has 10 amide bonds. The van der Waals surface area contributed by atoms with Crippen molar-refractivity contribution in [1.29, 1.82) is 0 Å². The molecule has 0 aliphatic carbocycles. The number of hydrogen-bond acceptors (Lipinski definition) is 15. The van der Waals surface area contributed by atoms with Crippen molar-refractivity contribution in [2.24, 2.45) is 0 Å². The van der Waals surface area contributed by atoms with Gasteiger partial charge in [0.1, 0.15) is 0 Å². The highest BCUT2D eigenvalue weighted by molar-refractivity contribution is 6.43. The van der Waals surface area contributed by atoms with Gasteiger partial charge in [-0.1, -0.05) is 123 Å². The number of carbonyl (C=O) groups excluding carboxylic acids is 10. The van der Waals surface area contributed by atoms with Crippen LogP contribution in [0.5, 0.6) is 0 Å². The molecule has 0 bridgehead atoms. The van der Waals surface area contributed by atoms with Crippen molar-refractivity contribution in [3.63, 3.8) is 0 Å². The Labute approximate surface area is 703 Å². The van der Waals surface area contributed by atoms with Gasteiger partial charge in [-0.3, -0.25) is 57.7 Å². The van der Waals surface area contributed by atoms with Gasteiger partial charge in [-0.25, -0.2) is 0 Å². The zero-order chi connectivity index (χ0) is 82.4. The lowest BCUT2D eigenvalue weighted by Crippen LogP contribution is -2.49. The van der Waals surface area contributed by atoms with E-state index in [1.807, 2.05) is 39.8 Å². The summed E-state index contributed by atoms with van der Waals surface area (Å²) in [6.45, 7) is 23.5. The molecular weight excluding hydrogens is 1640 g/mol. The molecule has 0 radical (unpaired) electrons. The molecule has 6 aliphatic heterocycles. The van der Waals surface area contributed by atoms with Crippen LogP contribution in [0.15, 0.2) is 91.0 Å². The molecule has 610 valence electrons. The number of rotatable bonds is 10. The molecule has 6 fully saturated rings. The van der Waals surface area contributed by atoms with Gasteiger partial charge in [0.2, 0.25) is 11.8 Å². The Morgan fingerprint density at radius 2 is 0.540 bits per heavy atom. The Morgan fingerprint density at radius 3 is 0.841 bits per heavy atom. The summed E-state index contributed by atoms with van der Waals surface area (Å²) >= 11 is 54.0. The molecule has 25 nitrogen and oxygen atoms in total. The summed E-state index contributed by atoms with van der Waals surface area (Å²) in [5, 5.41) is 23.7.